The van der Waals surface area contributed by atoms with Gasteiger partial charge in [0.05, 0.1) is 12.1 Å². The molecule has 2 rings (SSSR count). The van der Waals surface area contributed by atoms with Crippen LogP contribution in [-0.4, -0.2) is 29.7 Å². The third-order valence-corrected chi connectivity index (χ3v) is 2.54. The topological polar surface area (TPSA) is 61.4 Å². The van der Waals surface area contributed by atoms with Gasteiger partial charge in [-0.15, -0.1) is 0 Å². The van der Waals surface area contributed by atoms with Crippen molar-refractivity contribution < 1.29 is 14.3 Å². The number of aliphatic hydroxyl groups is 1. The molecule has 5 heteroatoms. The molecular formula is C11H13FN2O2. The van der Waals surface area contributed by atoms with Crippen molar-refractivity contribution in [2.75, 3.05) is 11.9 Å². The van der Waals surface area contributed by atoms with Gasteiger partial charge in [-0.2, -0.15) is 0 Å². The number of amides is 1. The zero-order chi connectivity index (χ0) is 11.5. The second-order valence-corrected chi connectivity index (χ2v) is 3.85. The summed E-state index contributed by atoms with van der Waals surface area (Å²) in [6.45, 7) is 0.432. The lowest BCUT2D eigenvalue weighted by molar-refractivity contribution is -0.117. The van der Waals surface area contributed by atoms with Gasteiger partial charge in [0, 0.05) is 12.2 Å². The summed E-state index contributed by atoms with van der Waals surface area (Å²) >= 11 is 0. The molecule has 0 aromatic heterocycles. The number of benzene rings is 1. The van der Waals surface area contributed by atoms with Gasteiger partial charge in [0.1, 0.15) is 5.82 Å². The van der Waals surface area contributed by atoms with Crippen molar-refractivity contribution in [1.29, 1.82) is 0 Å². The monoisotopic (exact) mass is 224 g/mol. The second kappa shape index (κ2) is 4.59. The first-order chi connectivity index (χ1) is 7.65. The summed E-state index contributed by atoms with van der Waals surface area (Å²) in [5.74, 6) is -0.546. The zero-order valence-electron chi connectivity index (χ0n) is 8.61. The third-order valence-electron chi connectivity index (χ3n) is 2.54. The Morgan fingerprint density at radius 2 is 2.12 bits per heavy atom. The van der Waals surface area contributed by atoms with Crippen LogP contribution >= 0.6 is 0 Å². The van der Waals surface area contributed by atoms with E-state index >= 15 is 0 Å². The van der Waals surface area contributed by atoms with Crippen LogP contribution in [0.25, 0.3) is 0 Å². The Bertz CT molecular complexity index is 380. The molecule has 1 aliphatic heterocycles. The largest absolute Gasteiger partial charge is 0.392 e. The zero-order valence-corrected chi connectivity index (χ0v) is 8.61. The van der Waals surface area contributed by atoms with Gasteiger partial charge in [-0.3, -0.25) is 4.79 Å². The van der Waals surface area contributed by atoms with Crippen LogP contribution < -0.4 is 10.6 Å². The molecule has 86 valence electrons. The van der Waals surface area contributed by atoms with E-state index in [4.69, 9.17) is 0 Å². The van der Waals surface area contributed by atoms with Crippen molar-refractivity contribution in [3.05, 3.63) is 30.1 Å². The van der Waals surface area contributed by atoms with Crippen LogP contribution in [0.2, 0.25) is 0 Å². The fraction of sp³-hybridized carbons (Fsp3) is 0.364. The molecule has 1 aliphatic rings. The van der Waals surface area contributed by atoms with E-state index in [9.17, 15) is 14.3 Å². The molecule has 0 bridgehead atoms. The summed E-state index contributed by atoms with van der Waals surface area (Å²) in [7, 11) is 0. The number of anilines is 1. The quantitative estimate of drug-likeness (QED) is 0.685. The maximum Gasteiger partial charge on any atom is 0.241 e. The molecule has 2 atom stereocenters. The normalized spacial score (nSPS) is 24.4. The van der Waals surface area contributed by atoms with Gasteiger partial charge in [-0.25, -0.2) is 4.39 Å². The molecule has 1 fully saturated rings. The number of hydrogen-bond acceptors (Lipinski definition) is 3. The molecule has 0 spiro atoms. The average molecular weight is 224 g/mol. The van der Waals surface area contributed by atoms with E-state index in [2.05, 4.69) is 10.6 Å². The number of carbonyl (C=O) groups is 1. The minimum absolute atomic E-state index is 0.205. The molecule has 3 N–H and O–H groups in total. The van der Waals surface area contributed by atoms with Crippen molar-refractivity contribution in [3.8, 4) is 0 Å². The lowest BCUT2D eigenvalue weighted by Gasteiger charge is -2.10. The van der Waals surface area contributed by atoms with Crippen LogP contribution in [0.5, 0.6) is 0 Å². The van der Waals surface area contributed by atoms with Crippen LogP contribution in [0, 0.1) is 5.82 Å². The van der Waals surface area contributed by atoms with Gasteiger partial charge in [-0.05, 0) is 30.7 Å². The minimum atomic E-state index is -0.469. The first-order valence-corrected chi connectivity index (χ1v) is 5.13. The molecule has 1 aromatic carbocycles. The van der Waals surface area contributed by atoms with Gasteiger partial charge < -0.3 is 15.7 Å². The molecule has 1 heterocycles. The first-order valence-electron chi connectivity index (χ1n) is 5.13. The van der Waals surface area contributed by atoms with E-state index in [1.807, 2.05) is 0 Å². The first kappa shape index (κ1) is 11.0. The van der Waals surface area contributed by atoms with Crippen molar-refractivity contribution in [3.63, 3.8) is 0 Å². The number of nitrogens with one attached hydrogen (secondary N) is 2. The summed E-state index contributed by atoms with van der Waals surface area (Å²) in [6.07, 6.45) is -0.0588. The van der Waals surface area contributed by atoms with Crippen LogP contribution in [-0.2, 0) is 4.79 Å². The highest BCUT2D eigenvalue weighted by Gasteiger charge is 2.27. The molecule has 2 unspecified atom stereocenters. The van der Waals surface area contributed by atoms with Gasteiger partial charge in [0.25, 0.3) is 0 Å². The Morgan fingerprint density at radius 3 is 2.69 bits per heavy atom. The summed E-state index contributed by atoms with van der Waals surface area (Å²) in [4.78, 5) is 11.7. The van der Waals surface area contributed by atoms with Crippen molar-refractivity contribution in [1.82, 2.24) is 5.32 Å². The number of carbonyl (C=O) groups excluding carboxylic acids is 1. The van der Waals surface area contributed by atoms with Crippen molar-refractivity contribution in [2.45, 2.75) is 18.6 Å². The molecule has 4 nitrogen and oxygen atoms in total. The fourth-order valence-electron chi connectivity index (χ4n) is 1.68. The van der Waals surface area contributed by atoms with Crippen LogP contribution in [0.1, 0.15) is 6.42 Å². The Hall–Kier alpha value is -1.46. The number of hydrogen-bond donors (Lipinski definition) is 3. The number of rotatable bonds is 2. The van der Waals surface area contributed by atoms with E-state index < -0.39 is 6.10 Å². The summed E-state index contributed by atoms with van der Waals surface area (Å²) < 4.78 is 12.6. The smallest absolute Gasteiger partial charge is 0.241 e. The summed E-state index contributed by atoms with van der Waals surface area (Å²) in [5.41, 5.74) is 0.551. The predicted molar refractivity (Wildman–Crippen MR) is 57.4 cm³/mol. The lowest BCUT2D eigenvalue weighted by Crippen LogP contribution is -2.35. The molecule has 0 radical (unpaired) electrons. The maximum atomic E-state index is 12.6. The van der Waals surface area contributed by atoms with Crippen molar-refractivity contribution >= 4 is 11.6 Å². The Balaban J connectivity index is 1.94. The van der Waals surface area contributed by atoms with E-state index in [1.165, 1.54) is 24.3 Å². The highest BCUT2D eigenvalue weighted by Crippen LogP contribution is 2.12. The van der Waals surface area contributed by atoms with E-state index in [1.54, 1.807) is 0 Å². The second-order valence-electron chi connectivity index (χ2n) is 3.85. The maximum absolute atomic E-state index is 12.6. The van der Waals surface area contributed by atoms with Gasteiger partial charge in [0.2, 0.25) is 5.91 Å². The van der Waals surface area contributed by atoms with Gasteiger partial charge in [0.15, 0.2) is 0 Å². The Kier molecular flexibility index (Phi) is 3.17. The fourth-order valence-corrected chi connectivity index (χ4v) is 1.68. The van der Waals surface area contributed by atoms with E-state index in [0.717, 1.165) is 0 Å². The molecule has 16 heavy (non-hydrogen) atoms. The summed E-state index contributed by atoms with van der Waals surface area (Å²) in [6, 6.07) is 5.19. The van der Waals surface area contributed by atoms with Crippen LogP contribution in [0.4, 0.5) is 10.1 Å². The average Bonchev–Trinajstić information content (AvgIpc) is 2.68. The van der Waals surface area contributed by atoms with Crippen molar-refractivity contribution in [2.24, 2.45) is 0 Å². The molecule has 0 saturated carbocycles. The SMILES string of the molecule is O=C(Nc1ccc(F)cc1)C1CC(O)CN1. The van der Waals surface area contributed by atoms with E-state index in [0.29, 0.717) is 18.7 Å². The standard InChI is InChI=1S/C11H13FN2O2/c12-7-1-3-8(4-2-7)14-11(16)10-5-9(15)6-13-10/h1-4,9-10,13,15H,5-6H2,(H,14,16). The highest BCUT2D eigenvalue weighted by atomic mass is 19.1. The Labute approximate surface area is 92.5 Å². The molecule has 1 aromatic rings. The molecule has 0 aliphatic carbocycles. The van der Waals surface area contributed by atoms with Crippen LogP contribution in [0.3, 0.4) is 0 Å². The van der Waals surface area contributed by atoms with Gasteiger partial charge >= 0.3 is 0 Å². The highest BCUT2D eigenvalue weighted by molar-refractivity contribution is 5.95. The number of aliphatic hydroxyl groups excluding tert-OH is 1. The third kappa shape index (κ3) is 2.56. The summed E-state index contributed by atoms with van der Waals surface area (Å²) in [5, 5.41) is 14.8. The van der Waals surface area contributed by atoms with E-state index in [-0.39, 0.29) is 17.8 Å². The lowest BCUT2D eigenvalue weighted by atomic mass is 10.2. The van der Waals surface area contributed by atoms with Crippen LogP contribution in [0.15, 0.2) is 24.3 Å². The number of halogens is 1. The number of β-amino-alcohol motifs (C(OH)–C–C–N with tert-alkyl or cyclic N) is 1. The molecule has 1 amide bonds. The minimum Gasteiger partial charge on any atom is -0.392 e. The molecule has 1 saturated heterocycles. The predicted octanol–water partition coefficient (Wildman–Crippen LogP) is 0.487. The molecular weight excluding hydrogens is 211 g/mol. The van der Waals surface area contributed by atoms with Gasteiger partial charge in [-0.1, -0.05) is 0 Å². The Morgan fingerprint density at radius 1 is 1.44 bits per heavy atom.